The van der Waals surface area contributed by atoms with Crippen LogP contribution in [0.5, 0.6) is 5.75 Å². The van der Waals surface area contributed by atoms with E-state index in [1.54, 1.807) is 12.1 Å². The molecule has 0 saturated carbocycles. The maximum Gasteiger partial charge on any atom is 0.264 e. The molecule has 0 unspecified atom stereocenters. The molecule has 0 atom stereocenters. The molecule has 4 nitrogen and oxygen atoms in total. The third kappa shape index (κ3) is 3.65. The lowest BCUT2D eigenvalue weighted by atomic mass is 10.1. The second kappa shape index (κ2) is 6.34. The third-order valence-electron chi connectivity index (χ3n) is 3.18. The Morgan fingerprint density at radius 2 is 2.00 bits per heavy atom. The molecule has 23 heavy (non-hydrogen) atoms. The standard InChI is InChI=1S/C17H15FN2O2S/c1-10-6-11(2)8-12(7-10)22-9-15(21)19-17-20-16-13(18)4-3-5-14(16)23-17/h3-8H,9H2,1-2H3,(H,19,20,21). The van der Waals surface area contributed by atoms with E-state index in [0.717, 1.165) is 11.1 Å². The lowest BCUT2D eigenvalue weighted by molar-refractivity contribution is -0.118. The smallest absolute Gasteiger partial charge is 0.264 e. The van der Waals surface area contributed by atoms with Crippen molar-refractivity contribution in [2.45, 2.75) is 13.8 Å². The Bertz CT molecular complexity index is 856. The van der Waals surface area contributed by atoms with Gasteiger partial charge in [-0.05, 0) is 49.2 Å². The molecule has 1 N–H and O–H groups in total. The highest BCUT2D eigenvalue weighted by molar-refractivity contribution is 7.22. The number of aromatic nitrogens is 1. The first kappa shape index (κ1) is 15.4. The first-order chi connectivity index (χ1) is 11.0. The number of amides is 1. The predicted molar refractivity (Wildman–Crippen MR) is 89.6 cm³/mol. The summed E-state index contributed by atoms with van der Waals surface area (Å²) in [5, 5.41) is 3.00. The minimum atomic E-state index is -0.397. The number of fused-ring (bicyclic) bond motifs is 1. The van der Waals surface area contributed by atoms with Crippen molar-refractivity contribution in [3.05, 3.63) is 53.3 Å². The topological polar surface area (TPSA) is 51.2 Å². The second-order valence-corrected chi connectivity index (χ2v) is 6.30. The Kier molecular flexibility index (Phi) is 4.25. The number of para-hydroxylation sites is 1. The number of ether oxygens (including phenoxy) is 1. The van der Waals surface area contributed by atoms with E-state index in [-0.39, 0.29) is 18.0 Å². The Morgan fingerprint density at radius 3 is 2.70 bits per heavy atom. The number of rotatable bonds is 4. The van der Waals surface area contributed by atoms with E-state index in [9.17, 15) is 9.18 Å². The van der Waals surface area contributed by atoms with Crippen LogP contribution in [0, 0.1) is 19.7 Å². The van der Waals surface area contributed by atoms with E-state index >= 15 is 0 Å². The number of hydrogen-bond acceptors (Lipinski definition) is 4. The van der Waals surface area contributed by atoms with Crippen molar-refractivity contribution in [1.29, 1.82) is 0 Å². The summed E-state index contributed by atoms with van der Waals surface area (Å²) in [6, 6.07) is 10.5. The molecule has 1 amide bonds. The van der Waals surface area contributed by atoms with Crippen LogP contribution in [0.25, 0.3) is 10.2 Å². The molecule has 3 aromatic rings. The van der Waals surface area contributed by atoms with Crippen LogP contribution >= 0.6 is 11.3 Å². The highest BCUT2D eigenvalue weighted by Crippen LogP contribution is 2.27. The van der Waals surface area contributed by atoms with Gasteiger partial charge < -0.3 is 4.74 Å². The lowest BCUT2D eigenvalue weighted by Gasteiger charge is -2.07. The molecule has 3 rings (SSSR count). The number of benzene rings is 2. The van der Waals surface area contributed by atoms with Gasteiger partial charge in [-0.2, -0.15) is 0 Å². The van der Waals surface area contributed by atoms with Crippen LogP contribution in [-0.2, 0) is 4.79 Å². The van der Waals surface area contributed by atoms with Crippen molar-refractivity contribution < 1.29 is 13.9 Å². The van der Waals surface area contributed by atoms with Gasteiger partial charge in [-0.25, -0.2) is 9.37 Å². The highest BCUT2D eigenvalue weighted by Gasteiger charge is 2.11. The van der Waals surface area contributed by atoms with Gasteiger partial charge in [-0.1, -0.05) is 23.5 Å². The number of carbonyl (C=O) groups excluding carboxylic acids is 1. The summed E-state index contributed by atoms with van der Waals surface area (Å²) in [7, 11) is 0. The zero-order chi connectivity index (χ0) is 16.4. The van der Waals surface area contributed by atoms with Crippen LogP contribution in [0.1, 0.15) is 11.1 Å². The zero-order valence-electron chi connectivity index (χ0n) is 12.7. The predicted octanol–water partition coefficient (Wildman–Crippen LogP) is 4.07. The lowest BCUT2D eigenvalue weighted by Crippen LogP contribution is -2.20. The normalized spacial score (nSPS) is 10.7. The van der Waals surface area contributed by atoms with Crippen molar-refractivity contribution in [3.8, 4) is 5.75 Å². The number of aryl methyl sites for hydroxylation is 2. The molecule has 6 heteroatoms. The van der Waals surface area contributed by atoms with Crippen LogP contribution < -0.4 is 10.1 Å². The Morgan fingerprint density at radius 1 is 1.26 bits per heavy atom. The summed E-state index contributed by atoms with van der Waals surface area (Å²) < 4.78 is 19.8. The summed E-state index contributed by atoms with van der Waals surface area (Å²) in [5.41, 5.74) is 2.41. The molecule has 0 spiro atoms. The molecule has 1 aromatic heterocycles. The fraction of sp³-hybridized carbons (Fsp3) is 0.176. The number of halogens is 1. The molecular formula is C17H15FN2O2S. The summed E-state index contributed by atoms with van der Waals surface area (Å²) >= 11 is 1.23. The quantitative estimate of drug-likeness (QED) is 0.784. The molecule has 0 bridgehead atoms. The minimum Gasteiger partial charge on any atom is -0.484 e. The second-order valence-electron chi connectivity index (χ2n) is 5.27. The fourth-order valence-corrected chi connectivity index (χ4v) is 3.19. The van der Waals surface area contributed by atoms with E-state index in [2.05, 4.69) is 10.3 Å². The molecule has 0 fully saturated rings. The van der Waals surface area contributed by atoms with Crippen LogP contribution in [-0.4, -0.2) is 17.5 Å². The minimum absolute atomic E-state index is 0.124. The largest absolute Gasteiger partial charge is 0.484 e. The number of anilines is 1. The van der Waals surface area contributed by atoms with E-state index in [4.69, 9.17) is 4.74 Å². The monoisotopic (exact) mass is 330 g/mol. The maximum atomic E-state index is 13.6. The van der Waals surface area contributed by atoms with Crippen LogP contribution in [0.3, 0.4) is 0 Å². The molecule has 0 radical (unpaired) electrons. The third-order valence-corrected chi connectivity index (χ3v) is 4.12. The van der Waals surface area contributed by atoms with Crippen molar-refractivity contribution in [2.24, 2.45) is 0 Å². The van der Waals surface area contributed by atoms with Crippen molar-refractivity contribution in [3.63, 3.8) is 0 Å². The molecule has 0 aliphatic rings. The SMILES string of the molecule is Cc1cc(C)cc(OCC(=O)Nc2nc3c(F)cccc3s2)c1. The van der Waals surface area contributed by atoms with Gasteiger partial charge in [-0.3, -0.25) is 10.1 Å². The van der Waals surface area contributed by atoms with E-state index in [1.165, 1.54) is 17.4 Å². The molecule has 118 valence electrons. The van der Waals surface area contributed by atoms with Gasteiger partial charge in [0.05, 0.1) is 4.70 Å². The van der Waals surface area contributed by atoms with Gasteiger partial charge in [0.25, 0.3) is 5.91 Å². The van der Waals surface area contributed by atoms with Gasteiger partial charge in [0, 0.05) is 0 Å². The van der Waals surface area contributed by atoms with E-state index in [1.807, 2.05) is 32.0 Å². The number of thiazole rings is 1. The van der Waals surface area contributed by atoms with Crippen LogP contribution in [0.15, 0.2) is 36.4 Å². The molecule has 0 aliphatic carbocycles. The maximum absolute atomic E-state index is 13.6. The first-order valence-electron chi connectivity index (χ1n) is 7.07. The van der Waals surface area contributed by atoms with Gasteiger partial charge in [0.15, 0.2) is 11.7 Å². The summed E-state index contributed by atoms with van der Waals surface area (Å²) in [4.78, 5) is 16.0. The van der Waals surface area contributed by atoms with Gasteiger partial charge in [0.2, 0.25) is 0 Å². The average Bonchev–Trinajstić information content (AvgIpc) is 2.88. The number of nitrogens with zero attached hydrogens (tertiary/aromatic N) is 1. The van der Waals surface area contributed by atoms with E-state index < -0.39 is 5.82 Å². The molecular weight excluding hydrogens is 315 g/mol. The van der Waals surface area contributed by atoms with E-state index in [0.29, 0.717) is 15.6 Å². The van der Waals surface area contributed by atoms with Crippen molar-refractivity contribution >= 4 is 32.6 Å². The molecule has 2 aromatic carbocycles. The van der Waals surface area contributed by atoms with Crippen molar-refractivity contribution in [1.82, 2.24) is 4.98 Å². The zero-order valence-corrected chi connectivity index (χ0v) is 13.5. The average molecular weight is 330 g/mol. The summed E-state index contributed by atoms with van der Waals surface area (Å²) in [6.07, 6.45) is 0. The number of nitrogens with one attached hydrogen (secondary N) is 1. The first-order valence-corrected chi connectivity index (χ1v) is 7.89. The fourth-order valence-electron chi connectivity index (χ4n) is 2.29. The summed E-state index contributed by atoms with van der Waals surface area (Å²) in [5.74, 6) is -0.0812. The van der Waals surface area contributed by atoms with Gasteiger partial charge >= 0.3 is 0 Å². The van der Waals surface area contributed by atoms with Gasteiger partial charge in [-0.15, -0.1) is 0 Å². The Labute approximate surface area is 136 Å². The summed E-state index contributed by atoms with van der Waals surface area (Å²) in [6.45, 7) is 3.81. The number of carbonyl (C=O) groups is 1. The molecule has 1 heterocycles. The highest BCUT2D eigenvalue weighted by atomic mass is 32.1. The molecule has 0 aliphatic heterocycles. The van der Waals surface area contributed by atoms with Gasteiger partial charge in [0.1, 0.15) is 17.1 Å². The number of hydrogen-bond donors (Lipinski definition) is 1. The van der Waals surface area contributed by atoms with Crippen LogP contribution in [0.2, 0.25) is 0 Å². The van der Waals surface area contributed by atoms with Crippen molar-refractivity contribution in [2.75, 3.05) is 11.9 Å². The Balaban J connectivity index is 1.65. The van der Waals surface area contributed by atoms with Crippen LogP contribution in [0.4, 0.5) is 9.52 Å². The Hall–Kier alpha value is -2.47. The molecule has 0 saturated heterocycles.